The molecule has 2 amide bonds. The van der Waals surface area contributed by atoms with E-state index < -0.39 is 12.1 Å². The van der Waals surface area contributed by atoms with E-state index in [0.29, 0.717) is 27.6 Å². The van der Waals surface area contributed by atoms with Gasteiger partial charge < -0.3 is 20.1 Å². The number of benzene rings is 3. The molecule has 0 radical (unpaired) electrons. The van der Waals surface area contributed by atoms with E-state index in [1.54, 1.807) is 38.1 Å². The third-order valence-corrected chi connectivity index (χ3v) is 6.99. The van der Waals surface area contributed by atoms with Crippen LogP contribution in [0.5, 0.6) is 5.75 Å². The number of ether oxygens (including phenoxy) is 2. The molecule has 0 spiro atoms. The molecule has 0 aliphatic rings. The second kappa shape index (κ2) is 12.4. The quantitative estimate of drug-likeness (QED) is 0.225. The van der Waals surface area contributed by atoms with Crippen molar-refractivity contribution in [3.63, 3.8) is 0 Å². The van der Waals surface area contributed by atoms with Gasteiger partial charge in [0.2, 0.25) is 0 Å². The highest BCUT2D eigenvalue weighted by molar-refractivity contribution is 7.17. The molecule has 8 heteroatoms. The Labute approximate surface area is 231 Å². The van der Waals surface area contributed by atoms with Gasteiger partial charge in [0.15, 0.2) is 6.10 Å². The van der Waals surface area contributed by atoms with E-state index in [4.69, 9.17) is 9.47 Å². The fourth-order valence-electron chi connectivity index (χ4n) is 3.98. The van der Waals surface area contributed by atoms with Gasteiger partial charge in [-0.15, -0.1) is 11.3 Å². The van der Waals surface area contributed by atoms with Gasteiger partial charge in [0.25, 0.3) is 11.8 Å². The Morgan fingerprint density at radius 3 is 2.18 bits per heavy atom. The lowest BCUT2D eigenvalue weighted by Crippen LogP contribution is -2.30. The number of rotatable bonds is 9. The summed E-state index contributed by atoms with van der Waals surface area (Å²) in [5, 5.41) is 6.13. The van der Waals surface area contributed by atoms with Gasteiger partial charge in [-0.25, -0.2) is 4.79 Å². The summed E-state index contributed by atoms with van der Waals surface area (Å²) >= 11 is 1.33. The average molecular weight is 543 g/mol. The van der Waals surface area contributed by atoms with Crippen molar-refractivity contribution in [1.82, 2.24) is 0 Å². The van der Waals surface area contributed by atoms with Crippen LogP contribution in [0, 0.1) is 13.8 Å². The van der Waals surface area contributed by atoms with Gasteiger partial charge in [-0.05, 0) is 69.7 Å². The monoisotopic (exact) mass is 542 g/mol. The predicted molar refractivity (Wildman–Crippen MR) is 155 cm³/mol. The van der Waals surface area contributed by atoms with Crippen molar-refractivity contribution >= 4 is 39.8 Å². The third kappa shape index (κ3) is 6.72. The van der Waals surface area contributed by atoms with Crippen molar-refractivity contribution in [2.45, 2.75) is 33.8 Å². The maximum atomic E-state index is 13.1. The minimum absolute atomic E-state index is 0.221. The summed E-state index contributed by atoms with van der Waals surface area (Å²) in [6.45, 7) is 7.51. The first-order valence-electron chi connectivity index (χ1n) is 12.6. The average Bonchev–Trinajstić information content (AvgIpc) is 3.26. The molecule has 1 heterocycles. The molecular weight excluding hydrogens is 512 g/mol. The SMILES string of the molecule is CCOC(=O)c1c(NC(=O)c2ccc(O[C@@H](C)C(=O)Nc3ccc(C)cc3)cc2)sc(C)c1-c1ccccc1. The second-order valence-corrected chi connectivity index (χ2v) is 10.1. The van der Waals surface area contributed by atoms with Crippen molar-refractivity contribution < 1.29 is 23.9 Å². The van der Waals surface area contributed by atoms with Crippen molar-refractivity contribution in [3.8, 4) is 16.9 Å². The van der Waals surface area contributed by atoms with Crippen molar-refractivity contribution in [3.05, 3.63) is 100 Å². The van der Waals surface area contributed by atoms with Crippen LogP contribution in [0.25, 0.3) is 11.1 Å². The summed E-state index contributed by atoms with van der Waals surface area (Å²) in [4.78, 5) is 39.4. The standard InChI is InChI=1S/C31H30N2O5S/c1-5-37-31(36)27-26(22-9-7-6-8-10-22)21(4)39-30(27)33-29(35)23-13-17-25(18-14-23)38-20(3)28(34)32-24-15-11-19(2)12-16-24/h6-18,20H,5H2,1-4H3,(H,32,34)(H,33,35)/t20-/m0/s1. The van der Waals surface area contributed by atoms with Crippen LogP contribution in [0.15, 0.2) is 78.9 Å². The minimum Gasteiger partial charge on any atom is -0.481 e. The Kier molecular flexibility index (Phi) is 8.78. The van der Waals surface area contributed by atoms with E-state index in [-0.39, 0.29) is 18.4 Å². The molecule has 0 saturated carbocycles. The van der Waals surface area contributed by atoms with Crippen molar-refractivity contribution in [2.75, 3.05) is 17.2 Å². The lowest BCUT2D eigenvalue weighted by molar-refractivity contribution is -0.122. The number of amides is 2. The Morgan fingerprint density at radius 2 is 1.54 bits per heavy atom. The van der Waals surface area contributed by atoms with Gasteiger partial charge in [0.1, 0.15) is 16.3 Å². The summed E-state index contributed by atoms with van der Waals surface area (Å²) in [7, 11) is 0. The van der Waals surface area contributed by atoms with Gasteiger partial charge in [-0.1, -0.05) is 48.0 Å². The number of anilines is 2. The number of hydrogen-bond donors (Lipinski definition) is 2. The van der Waals surface area contributed by atoms with Gasteiger partial charge in [-0.2, -0.15) is 0 Å². The molecule has 1 aromatic heterocycles. The summed E-state index contributed by atoms with van der Waals surface area (Å²) in [5.41, 5.74) is 4.13. The maximum absolute atomic E-state index is 13.1. The minimum atomic E-state index is -0.747. The third-order valence-electron chi connectivity index (χ3n) is 5.97. The molecule has 7 nitrogen and oxygen atoms in total. The molecule has 0 aliphatic carbocycles. The summed E-state index contributed by atoms with van der Waals surface area (Å²) in [5.74, 6) is -0.700. The lowest BCUT2D eigenvalue weighted by atomic mass is 10.0. The first-order valence-corrected chi connectivity index (χ1v) is 13.4. The van der Waals surface area contributed by atoms with Gasteiger partial charge >= 0.3 is 5.97 Å². The molecule has 3 aromatic carbocycles. The number of nitrogens with one attached hydrogen (secondary N) is 2. The molecule has 200 valence electrons. The molecule has 0 bridgehead atoms. The molecule has 4 aromatic rings. The second-order valence-electron chi connectivity index (χ2n) is 8.92. The molecule has 39 heavy (non-hydrogen) atoms. The molecule has 1 atom stereocenters. The summed E-state index contributed by atoms with van der Waals surface area (Å²) < 4.78 is 11.1. The zero-order valence-electron chi connectivity index (χ0n) is 22.2. The highest BCUT2D eigenvalue weighted by Crippen LogP contribution is 2.40. The fourth-order valence-corrected chi connectivity index (χ4v) is 5.04. The van der Waals surface area contributed by atoms with Crippen LogP contribution >= 0.6 is 11.3 Å². The number of thiophene rings is 1. The van der Waals surface area contributed by atoms with E-state index >= 15 is 0 Å². The number of carbonyl (C=O) groups excluding carboxylic acids is 3. The highest BCUT2D eigenvalue weighted by atomic mass is 32.1. The van der Waals surface area contributed by atoms with E-state index in [0.717, 1.165) is 21.6 Å². The largest absolute Gasteiger partial charge is 0.481 e. The van der Waals surface area contributed by atoms with E-state index in [1.165, 1.54) is 11.3 Å². The van der Waals surface area contributed by atoms with Gasteiger partial charge in [0.05, 0.1) is 6.61 Å². The number of esters is 1. The Balaban J connectivity index is 1.47. The van der Waals surface area contributed by atoms with Crippen LogP contribution < -0.4 is 15.4 Å². The van der Waals surface area contributed by atoms with Gasteiger partial charge in [-0.3, -0.25) is 9.59 Å². The first-order chi connectivity index (χ1) is 18.8. The number of carbonyl (C=O) groups is 3. The Bertz CT molecular complexity index is 1460. The van der Waals surface area contributed by atoms with Crippen LogP contribution in [-0.4, -0.2) is 30.5 Å². The smallest absolute Gasteiger partial charge is 0.341 e. The topological polar surface area (TPSA) is 93.7 Å². The Hall–Kier alpha value is -4.43. The predicted octanol–water partition coefficient (Wildman–Crippen LogP) is 6.87. The number of hydrogen-bond acceptors (Lipinski definition) is 6. The zero-order chi connectivity index (χ0) is 27.9. The van der Waals surface area contributed by atoms with Crippen LogP contribution in [0.4, 0.5) is 10.7 Å². The highest BCUT2D eigenvalue weighted by Gasteiger charge is 2.26. The summed E-state index contributed by atoms with van der Waals surface area (Å²) in [6.07, 6.45) is -0.747. The van der Waals surface area contributed by atoms with Crippen LogP contribution in [-0.2, 0) is 9.53 Å². The van der Waals surface area contributed by atoms with Gasteiger partial charge in [0, 0.05) is 21.7 Å². The molecule has 4 rings (SSSR count). The zero-order valence-corrected chi connectivity index (χ0v) is 23.1. The van der Waals surface area contributed by atoms with E-state index in [2.05, 4.69) is 10.6 Å². The van der Waals surface area contributed by atoms with Crippen molar-refractivity contribution in [2.24, 2.45) is 0 Å². The molecule has 0 fully saturated rings. The first kappa shape index (κ1) is 27.6. The number of aryl methyl sites for hydroxylation is 2. The van der Waals surface area contributed by atoms with Crippen LogP contribution in [0.3, 0.4) is 0 Å². The normalized spacial score (nSPS) is 11.4. The molecule has 0 saturated heterocycles. The molecule has 2 N–H and O–H groups in total. The lowest BCUT2D eigenvalue weighted by Gasteiger charge is -2.15. The fraction of sp³-hybridized carbons (Fsp3) is 0.194. The molecule has 0 aliphatic heterocycles. The maximum Gasteiger partial charge on any atom is 0.341 e. The Morgan fingerprint density at radius 1 is 0.872 bits per heavy atom. The van der Waals surface area contributed by atoms with Crippen LogP contribution in [0.1, 0.15) is 45.0 Å². The van der Waals surface area contributed by atoms with Crippen LogP contribution in [0.2, 0.25) is 0 Å². The molecule has 0 unspecified atom stereocenters. The van der Waals surface area contributed by atoms with Crippen molar-refractivity contribution in [1.29, 1.82) is 0 Å². The summed E-state index contributed by atoms with van der Waals surface area (Å²) in [6, 6.07) is 23.5. The van der Waals surface area contributed by atoms with E-state index in [9.17, 15) is 14.4 Å². The molecular formula is C31H30N2O5S. The van der Waals surface area contributed by atoms with E-state index in [1.807, 2.05) is 68.4 Å².